The van der Waals surface area contributed by atoms with E-state index in [0.717, 1.165) is 17.1 Å². The first-order valence-electron chi connectivity index (χ1n) is 11.8. The number of aliphatic hydroxyl groups is 1. The maximum atomic E-state index is 12.5. The van der Waals surface area contributed by atoms with Crippen LogP contribution in [-0.4, -0.2) is 41.8 Å². The molecule has 0 aliphatic carbocycles. The first kappa shape index (κ1) is 24.4. The van der Waals surface area contributed by atoms with E-state index in [1.54, 1.807) is 24.3 Å². The highest BCUT2D eigenvalue weighted by atomic mass is 16.5. The van der Waals surface area contributed by atoms with Gasteiger partial charge in [-0.25, -0.2) is 0 Å². The van der Waals surface area contributed by atoms with Gasteiger partial charge in [0.25, 0.3) is 5.91 Å². The summed E-state index contributed by atoms with van der Waals surface area (Å²) in [6.07, 6.45) is 0.593. The smallest absolute Gasteiger partial charge is 0.251 e. The highest BCUT2D eigenvalue weighted by molar-refractivity contribution is 5.94. The molecule has 7 nitrogen and oxygen atoms in total. The van der Waals surface area contributed by atoms with E-state index in [1.165, 1.54) is 0 Å². The van der Waals surface area contributed by atoms with Gasteiger partial charge in [-0.05, 0) is 54.8 Å². The molecular weight excluding hydrogens is 444 g/mol. The molecule has 3 N–H and O–H groups in total. The molecule has 0 unspecified atom stereocenters. The Hall–Kier alpha value is -3.68. The fourth-order valence-electron chi connectivity index (χ4n) is 4.07. The Morgan fingerprint density at radius 2 is 1.54 bits per heavy atom. The molecule has 1 aliphatic heterocycles. The van der Waals surface area contributed by atoms with Crippen molar-refractivity contribution in [1.82, 2.24) is 10.6 Å². The van der Waals surface area contributed by atoms with Crippen LogP contribution in [0.2, 0.25) is 0 Å². The summed E-state index contributed by atoms with van der Waals surface area (Å²) in [4.78, 5) is 24.9. The average molecular weight is 475 g/mol. The van der Waals surface area contributed by atoms with Gasteiger partial charge in [0.15, 0.2) is 0 Å². The van der Waals surface area contributed by atoms with Crippen LogP contribution >= 0.6 is 0 Å². The number of hydrogen-bond donors (Lipinski definition) is 3. The maximum absolute atomic E-state index is 12.5. The minimum absolute atomic E-state index is 0.122. The minimum atomic E-state index is -0.550. The number of carbonyl (C=O) groups is 2. The molecule has 0 spiro atoms. The molecule has 182 valence electrons. The van der Waals surface area contributed by atoms with Gasteiger partial charge >= 0.3 is 0 Å². The van der Waals surface area contributed by atoms with Gasteiger partial charge in [0.1, 0.15) is 17.6 Å². The van der Waals surface area contributed by atoms with Gasteiger partial charge in [-0.2, -0.15) is 0 Å². The molecule has 1 aliphatic rings. The molecule has 35 heavy (non-hydrogen) atoms. The summed E-state index contributed by atoms with van der Waals surface area (Å²) < 4.78 is 11.7. The van der Waals surface area contributed by atoms with E-state index in [4.69, 9.17) is 9.47 Å². The van der Waals surface area contributed by atoms with Crippen LogP contribution in [0.5, 0.6) is 11.5 Å². The fourth-order valence-corrected chi connectivity index (χ4v) is 4.07. The summed E-state index contributed by atoms with van der Waals surface area (Å²) in [5.74, 6) is 1.17. The molecule has 7 heteroatoms. The second-order valence-electron chi connectivity index (χ2n) is 8.54. The van der Waals surface area contributed by atoms with Gasteiger partial charge in [-0.3, -0.25) is 9.59 Å². The number of rotatable bonds is 9. The van der Waals surface area contributed by atoms with E-state index < -0.39 is 6.10 Å². The van der Waals surface area contributed by atoms with Gasteiger partial charge in [0.05, 0.1) is 25.2 Å². The summed E-state index contributed by atoms with van der Waals surface area (Å²) in [6, 6.07) is 25.7. The first-order chi connectivity index (χ1) is 17.1. The SMILES string of the molecule is O=C(C[C@H]1CC[C@@H](NC(=O)c2ccccc2)[C@@H](CO)O1)NCc1ccc(Oc2ccccc2)cc1. The topological polar surface area (TPSA) is 96.9 Å². The Morgan fingerprint density at radius 1 is 0.886 bits per heavy atom. The van der Waals surface area contributed by atoms with Crippen molar-refractivity contribution in [3.8, 4) is 11.5 Å². The summed E-state index contributed by atoms with van der Waals surface area (Å²) in [6.45, 7) is 0.172. The van der Waals surface area contributed by atoms with Crippen molar-refractivity contribution in [3.63, 3.8) is 0 Å². The van der Waals surface area contributed by atoms with Crippen LogP contribution in [0.25, 0.3) is 0 Å². The monoisotopic (exact) mass is 474 g/mol. The number of carbonyl (C=O) groups excluding carboxylic acids is 2. The lowest BCUT2D eigenvalue weighted by atomic mass is 9.96. The Labute approximate surface area is 205 Å². The molecule has 3 aromatic carbocycles. The average Bonchev–Trinajstić information content (AvgIpc) is 2.90. The highest BCUT2D eigenvalue weighted by Gasteiger charge is 2.33. The molecule has 4 rings (SSSR count). The maximum Gasteiger partial charge on any atom is 0.251 e. The van der Waals surface area contributed by atoms with E-state index >= 15 is 0 Å². The molecule has 1 heterocycles. The number of nitrogens with one attached hydrogen (secondary N) is 2. The van der Waals surface area contributed by atoms with Gasteiger partial charge in [-0.1, -0.05) is 48.5 Å². The van der Waals surface area contributed by atoms with Crippen molar-refractivity contribution in [3.05, 3.63) is 96.1 Å². The van der Waals surface area contributed by atoms with E-state index in [-0.39, 0.29) is 37.0 Å². The fraction of sp³-hybridized carbons (Fsp3) is 0.286. The molecular formula is C28H30N2O5. The standard InChI is InChI=1S/C28H30N2O5/c31-19-26-25(30-28(33)21-7-3-1-4-8-21)16-15-24(35-26)17-27(32)29-18-20-11-13-23(14-12-20)34-22-9-5-2-6-10-22/h1-14,24-26,31H,15-19H2,(H,29,32)(H,30,33)/t24-,25-,26-/m1/s1. The van der Waals surface area contributed by atoms with E-state index in [9.17, 15) is 14.7 Å². The first-order valence-corrected chi connectivity index (χ1v) is 11.8. The number of hydrogen-bond acceptors (Lipinski definition) is 5. The number of benzene rings is 3. The normalized spacial score (nSPS) is 19.5. The van der Waals surface area contributed by atoms with Crippen LogP contribution in [0.3, 0.4) is 0 Å². The number of ether oxygens (including phenoxy) is 2. The molecule has 0 aromatic heterocycles. The zero-order valence-corrected chi connectivity index (χ0v) is 19.4. The molecule has 2 amide bonds. The lowest BCUT2D eigenvalue weighted by molar-refractivity contribution is -0.131. The number of aliphatic hydroxyl groups excluding tert-OH is 1. The van der Waals surface area contributed by atoms with Crippen LogP contribution < -0.4 is 15.4 Å². The summed E-state index contributed by atoms with van der Waals surface area (Å²) >= 11 is 0. The number of para-hydroxylation sites is 1. The van der Waals surface area contributed by atoms with Gasteiger partial charge < -0.3 is 25.2 Å². The Morgan fingerprint density at radius 3 is 2.23 bits per heavy atom. The molecule has 0 bridgehead atoms. The summed E-state index contributed by atoms with van der Waals surface area (Å²) in [5, 5.41) is 15.6. The van der Waals surface area contributed by atoms with Crippen LogP contribution in [0.4, 0.5) is 0 Å². The van der Waals surface area contributed by atoms with Gasteiger partial charge in [-0.15, -0.1) is 0 Å². The highest BCUT2D eigenvalue weighted by Crippen LogP contribution is 2.23. The largest absolute Gasteiger partial charge is 0.457 e. The lowest BCUT2D eigenvalue weighted by Gasteiger charge is -2.36. The zero-order valence-electron chi connectivity index (χ0n) is 19.4. The predicted molar refractivity (Wildman–Crippen MR) is 132 cm³/mol. The summed E-state index contributed by atoms with van der Waals surface area (Å²) in [7, 11) is 0. The van der Waals surface area contributed by atoms with E-state index in [1.807, 2.05) is 60.7 Å². The molecule has 1 saturated heterocycles. The minimum Gasteiger partial charge on any atom is -0.457 e. The molecule has 3 atom stereocenters. The third kappa shape index (κ3) is 7.15. The third-order valence-corrected chi connectivity index (χ3v) is 5.95. The molecule has 0 saturated carbocycles. The molecule has 0 radical (unpaired) electrons. The van der Waals surface area contributed by atoms with Crippen molar-refractivity contribution in [1.29, 1.82) is 0 Å². The second kappa shape index (κ2) is 12.1. The Bertz CT molecular complexity index is 1090. The zero-order chi connectivity index (χ0) is 24.5. The van der Waals surface area contributed by atoms with Crippen molar-refractivity contribution < 1.29 is 24.2 Å². The molecule has 3 aromatic rings. The Kier molecular flexibility index (Phi) is 8.48. The van der Waals surface area contributed by atoms with Crippen LogP contribution in [0.15, 0.2) is 84.9 Å². The van der Waals surface area contributed by atoms with E-state index in [2.05, 4.69) is 10.6 Å². The second-order valence-corrected chi connectivity index (χ2v) is 8.54. The quantitative estimate of drug-likeness (QED) is 0.438. The van der Waals surface area contributed by atoms with Crippen LogP contribution in [0.1, 0.15) is 35.2 Å². The van der Waals surface area contributed by atoms with Crippen molar-refractivity contribution in [2.24, 2.45) is 0 Å². The third-order valence-electron chi connectivity index (χ3n) is 5.95. The van der Waals surface area contributed by atoms with Crippen molar-refractivity contribution in [2.75, 3.05) is 6.61 Å². The summed E-state index contributed by atoms with van der Waals surface area (Å²) in [5.41, 5.74) is 1.52. The van der Waals surface area contributed by atoms with Gasteiger partial charge in [0.2, 0.25) is 5.91 Å². The van der Waals surface area contributed by atoms with Crippen molar-refractivity contribution >= 4 is 11.8 Å². The predicted octanol–water partition coefficient (Wildman–Crippen LogP) is 3.82. The van der Waals surface area contributed by atoms with Crippen molar-refractivity contribution in [2.45, 2.75) is 44.1 Å². The Balaban J connectivity index is 1.21. The number of amides is 2. The molecule has 1 fully saturated rings. The van der Waals surface area contributed by atoms with E-state index in [0.29, 0.717) is 24.9 Å². The van der Waals surface area contributed by atoms with Crippen LogP contribution in [0, 0.1) is 0 Å². The lowest BCUT2D eigenvalue weighted by Crippen LogP contribution is -2.51. The van der Waals surface area contributed by atoms with Crippen LogP contribution in [-0.2, 0) is 16.1 Å². The van der Waals surface area contributed by atoms with Gasteiger partial charge in [0, 0.05) is 12.1 Å².